The number of likely N-dealkylation sites (tertiary alicyclic amines) is 1. The van der Waals surface area contributed by atoms with E-state index in [-0.39, 0.29) is 5.91 Å². The molecule has 1 aliphatic heterocycles. The van der Waals surface area contributed by atoms with Crippen molar-refractivity contribution in [1.29, 1.82) is 0 Å². The third-order valence-electron chi connectivity index (χ3n) is 5.54. The molecular weight excluding hydrogens is 304 g/mol. The Labute approximate surface area is 143 Å². The molecular formula is C19H28N2O3. The molecule has 2 aliphatic rings. The molecule has 0 aromatic heterocycles. The van der Waals surface area contributed by atoms with Crippen LogP contribution >= 0.6 is 0 Å². The van der Waals surface area contributed by atoms with E-state index >= 15 is 0 Å². The van der Waals surface area contributed by atoms with Crippen molar-refractivity contribution in [3.8, 4) is 0 Å². The van der Waals surface area contributed by atoms with Crippen molar-refractivity contribution >= 4 is 11.6 Å². The number of hydrogen-bond acceptors (Lipinski definition) is 4. The summed E-state index contributed by atoms with van der Waals surface area (Å²) in [4.78, 5) is 16.5. The Morgan fingerprint density at radius 2 is 1.62 bits per heavy atom. The van der Waals surface area contributed by atoms with Gasteiger partial charge in [0.05, 0.1) is 12.2 Å². The van der Waals surface area contributed by atoms with Crippen molar-refractivity contribution in [1.82, 2.24) is 4.90 Å². The molecule has 4 atom stereocenters. The van der Waals surface area contributed by atoms with Crippen molar-refractivity contribution in [2.24, 2.45) is 11.8 Å². The Morgan fingerprint density at radius 3 is 2.12 bits per heavy atom. The van der Waals surface area contributed by atoms with Crippen LogP contribution in [0, 0.1) is 11.8 Å². The van der Waals surface area contributed by atoms with E-state index in [0.29, 0.717) is 31.1 Å². The number of anilines is 1. The second-order valence-corrected chi connectivity index (χ2v) is 7.49. The molecule has 1 aliphatic carbocycles. The maximum Gasteiger partial charge on any atom is 0.222 e. The number of rotatable bonds is 4. The Balaban J connectivity index is 1.51. The molecule has 0 spiro atoms. The van der Waals surface area contributed by atoms with Gasteiger partial charge in [-0.25, -0.2) is 0 Å². The predicted molar refractivity (Wildman–Crippen MR) is 93.9 cm³/mol. The lowest BCUT2D eigenvalue weighted by atomic mass is 9.79. The Hall–Kier alpha value is -1.59. The summed E-state index contributed by atoms with van der Waals surface area (Å²) in [6.45, 7) is 1.46. The molecule has 2 fully saturated rings. The van der Waals surface area contributed by atoms with Crippen LogP contribution in [0.1, 0.15) is 24.8 Å². The minimum atomic E-state index is -0.628. The predicted octanol–water partition coefficient (Wildman–Crippen LogP) is 1.28. The van der Waals surface area contributed by atoms with Gasteiger partial charge in [-0.05, 0) is 48.8 Å². The Bertz CT molecular complexity index is 554. The summed E-state index contributed by atoms with van der Waals surface area (Å²) in [7, 11) is 4.03. The van der Waals surface area contributed by atoms with E-state index in [1.807, 2.05) is 19.0 Å². The maximum atomic E-state index is 12.5. The smallest absolute Gasteiger partial charge is 0.222 e. The normalized spacial score (nSPS) is 29.4. The highest BCUT2D eigenvalue weighted by Gasteiger charge is 2.42. The van der Waals surface area contributed by atoms with Crippen molar-refractivity contribution in [3.63, 3.8) is 0 Å². The zero-order valence-electron chi connectivity index (χ0n) is 14.6. The Morgan fingerprint density at radius 1 is 1.08 bits per heavy atom. The standard InChI is InChI=1S/C19H28N2O3/c1-20(2)16-6-3-13(4-7-16)5-8-19(24)21-11-14-9-17(22)18(23)10-15(14)12-21/h3-4,6-7,14-15,17-18,22-23H,5,8-12H2,1-2H3/t14-,15+,17+,18-. The molecule has 1 aromatic carbocycles. The molecule has 1 saturated heterocycles. The second kappa shape index (κ2) is 7.11. The number of nitrogens with zero attached hydrogens (tertiary/aromatic N) is 2. The first-order chi connectivity index (χ1) is 11.4. The highest BCUT2D eigenvalue weighted by Crippen LogP contribution is 2.36. The molecule has 132 valence electrons. The van der Waals surface area contributed by atoms with E-state index in [4.69, 9.17) is 0 Å². The number of aliphatic hydroxyl groups excluding tert-OH is 2. The molecule has 1 heterocycles. The van der Waals surface area contributed by atoms with E-state index in [0.717, 1.165) is 25.2 Å². The van der Waals surface area contributed by atoms with Gasteiger partial charge < -0.3 is 20.0 Å². The van der Waals surface area contributed by atoms with Gasteiger partial charge in [0, 0.05) is 39.3 Å². The van der Waals surface area contributed by atoms with Crippen molar-refractivity contribution in [3.05, 3.63) is 29.8 Å². The second-order valence-electron chi connectivity index (χ2n) is 7.49. The van der Waals surface area contributed by atoms with E-state index < -0.39 is 12.2 Å². The number of carbonyl (C=O) groups excluding carboxylic acids is 1. The van der Waals surface area contributed by atoms with Crippen molar-refractivity contribution in [2.45, 2.75) is 37.9 Å². The minimum Gasteiger partial charge on any atom is -0.390 e. The lowest BCUT2D eigenvalue weighted by molar-refractivity contribution is -0.130. The molecule has 0 bridgehead atoms. The van der Waals surface area contributed by atoms with Crippen LogP contribution in [0.2, 0.25) is 0 Å². The van der Waals surface area contributed by atoms with Gasteiger partial charge in [-0.3, -0.25) is 4.79 Å². The number of aryl methyl sites for hydroxylation is 1. The fourth-order valence-electron chi connectivity index (χ4n) is 3.98. The summed E-state index contributed by atoms with van der Waals surface area (Å²) in [5, 5.41) is 19.6. The largest absolute Gasteiger partial charge is 0.390 e. The molecule has 0 unspecified atom stereocenters. The number of amides is 1. The summed E-state index contributed by atoms with van der Waals surface area (Å²) >= 11 is 0. The average molecular weight is 332 g/mol. The third-order valence-corrected chi connectivity index (χ3v) is 5.54. The number of fused-ring (bicyclic) bond motifs is 1. The average Bonchev–Trinajstić information content (AvgIpc) is 2.96. The Kier molecular flexibility index (Phi) is 5.11. The summed E-state index contributed by atoms with van der Waals surface area (Å²) in [5.41, 5.74) is 2.34. The van der Waals surface area contributed by atoms with E-state index in [9.17, 15) is 15.0 Å². The molecule has 5 heteroatoms. The van der Waals surface area contributed by atoms with Gasteiger partial charge in [0.15, 0.2) is 0 Å². The highest BCUT2D eigenvalue weighted by molar-refractivity contribution is 5.76. The van der Waals surface area contributed by atoms with Gasteiger partial charge in [0.25, 0.3) is 0 Å². The molecule has 3 rings (SSSR count). The molecule has 24 heavy (non-hydrogen) atoms. The summed E-state index contributed by atoms with van der Waals surface area (Å²) in [5.74, 6) is 0.864. The first-order valence-electron chi connectivity index (χ1n) is 8.84. The lowest BCUT2D eigenvalue weighted by Crippen LogP contribution is -2.38. The van der Waals surface area contributed by atoms with E-state index in [2.05, 4.69) is 29.2 Å². The third kappa shape index (κ3) is 3.73. The first-order valence-corrected chi connectivity index (χ1v) is 8.84. The van der Waals surface area contributed by atoms with Crippen LogP contribution < -0.4 is 4.90 Å². The molecule has 1 amide bonds. The quantitative estimate of drug-likeness (QED) is 0.872. The number of aliphatic hydroxyl groups is 2. The van der Waals surface area contributed by atoms with Crippen molar-refractivity contribution in [2.75, 3.05) is 32.1 Å². The van der Waals surface area contributed by atoms with Crippen LogP contribution in [0.15, 0.2) is 24.3 Å². The summed E-state index contributed by atoms with van der Waals surface area (Å²) < 4.78 is 0. The van der Waals surface area contributed by atoms with E-state index in [1.54, 1.807) is 0 Å². The van der Waals surface area contributed by atoms with Gasteiger partial charge in [-0.15, -0.1) is 0 Å². The summed E-state index contributed by atoms with van der Waals surface area (Å²) in [6, 6.07) is 8.32. The van der Waals surface area contributed by atoms with Crippen LogP contribution in [0.25, 0.3) is 0 Å². The van der Waals surface area contributed by atoms with Gasteiger partial charge in [0.2, 0.25) is 5.91 Å². The topological polar surface area (TPSA) is 64.0 Å². The minimum absolute atomic E-state index is 0.185. The maximum absolute atomic E-state index is 12.5. The molecule has 1 aromatic rings. The molecule has 2 N–H and O–H groups in total. The van der Waals surface area contributed by atoms with Gasteiger partial charge in [0.1, 0.15) is 0 Å². The van der Waals surface area contributed by atoms with Crippen molar-refractivity contribution < 1.29 is 15.0 Å². The molecule has 1 saturated carbocycles. The van der Waals surface area contributed by atoms with Gasteiger partial charge >= 0.3 is 0 Å². The van der Waals surface area contributed by atoms with Crippen LogP contribution in [0.3, 0.4) is 0 Å². The first kappa shape index (κ1) is 17.2. The molecule has 0 radical (unpaired) electrons. The molecule has 5 nitrogen and oxygen atoms in total. The number of hydrogen-bond donors (Lipinski definition) is 2. The fourth-order valence-corrected chi connectivity index (χ4v) is 3.98. The van der Waals surface area contributed by atoms with Gasteiger partial charge in [-0.1, -0.05) is 12.1 Å². The zero-order chi connectivity index (χ0) is 17.3. The van der Waals surface area contributed by atoms with Crippen LogP contribution in [0.4, 0.5) is 5.69 Å². The highest BCUT2D eigenvalue weighted by atomic mass is 16.3. The monoisotopic (exact) mass is 332 g/mol. The van der Waals surface area contributed by atoms with Crippen LogP contribution in [-0.4, -0.2) is 60.4 Å². The van der Waals surface area contributed by atoms with Crippen LogP contribution in [0.5, 0.6) is 0 Å². The lowest BCUT2D eigenvalue weighted by Gasteiger charge is -2.31. The van der Waals surface area contributed by atoms with E-state index in [1.165, 1.54) is 5.56 Å². The van der Waals surface area contributed by atoms with Crippen LogP contribution in [-0.2, 0) is 11.2 Å². The SMILES string of the molecule is CN(C)c1ccc(CCC(=O)N2C[C@H]3C[C@H](O)[C@H](O)C[C@H]3C2)cc1. The summed E-state index contributed by atoms with van der Waals surface area (Å²) in [6.07, 6.45) is 1.24. The number of benzene rings is 1. The zero-order valence-corrected chi connectivity index (χ0v) is 14.6. The van der Waals surface area contributed by atoms with Gasteiger partial charge in [-0.2, -0.15) is 0 Å². The number of carbonyl (C=O) groups is 1. The fraction of sp³-hybridized carbons (Fsp3) is 0.632.